The Kier molecular flexibility index (Phi) is 4.65. The molecule has 0 radical (unpaired) electrons. The molecule has 2 heterocycles. The highest BCUT2D eigenvalue weighted by atomic mass is 16.5. The molecule has 0 aliphatic heterocycles. The number of esters is 1. The van der Waals surface area contributed by atoms with Crippen molar-refractivity contribution in [3.05, 3.63) is 59.4 Å². The number of aromatic nitrogens is 2. The summed E-state index contributed by atoms with van der Waals surface area (Å²) in [5.74, 6) is -0.169. The van der Waals surface area contributed by atoms with E-state index in [1.54, 1.807) is 6.92 Å². The Labute approximate surface area is 142 Å². The highest BCUT2D eigenvalue weighted by Gasteiger charge is 2.15. The molecule has 0 bridgehead atoms. The van der Waals surface area contributed by atoms with Crippen LogP contribution in [0.1, 0.15) is 30.2 Å². The van der Waals surface area contributed by atoms with Gasteiger partial charge in [0.25, 0.3) is 0 Å². The third kappa shape index (κ3) is 3.18. The zero-order valence-electron chi connectivity index (χ0n) is 14.4. The standard InChI is InChI=1S/C20H22N2O2/c1-4-19(23)24-11-10-17-20(16-8-6-5-7-9-16)21-18-12-14(2)15(3)13-22(17)18/h5-9,12-13H,4,10-11H2,1-3H3. The van der Waals surface area contributed by atoms with Gasteiger partial charge in [-0.05, 0) is 31.0 Å². The maximum atomic E-state index is 11.4. The largest absolute Gasteiger partial charge is 0.465 e. The van der Waals surface area contributed by atoms with Crippen LogP contribution in [-0.4, -0.2) is 22.0 Å². The second-order valence-electron chi connectivity index (χ2n) is 5.96. The Bertz CT molecular complexity index is 866. The van der Waals surface area contributed by atoms with Gasteiger partial charge in [0.2, 0.25) is 0 Å². The molecule has 3 rings (SSSR count). The van der Waals surface area contributed by atoms with Crippen LogP contribution in [0.4, 0.5) is 0 Å². The zero-order valence-corrected chi connectivity index (χ0v) is 14.4. The number of carbonyl (C=O) groups is 1. The molecule has 0 saturated carbocycles. The molecule has 24 heavy (non-hydrogen) atoms. The summed E-state index contributed by atoms with van der Waals surface area (Å²) in [7, 11) is 0. The highest BCUT2D eigenvalue weighted by Crippen LogP contribution is 2.26. The minimum Gasteiger partial charge on any atom is -0.465 e. The first-order valence-corrected chi connectivity index (χ1v) is 8.29. The fourth-order valence-electron chi connectivity index (χ4n) is 2.76. The van der Waals surface area contributed by atoms with Crippen molar-refractivity contribution in [1.29, 1.82) is 0 Å². The van der Waals surface area contributed by atoms with Crippen molar-refractivity contribution in [1.82, 2.24) is 9.38 Å². The summed E-state index contributed by atoms with van der Waals surface area (Å²) < 4.78 is 7.39. The number of benzene rings is 1. The predicted octanol–water partition coefficient (Wildman–Crippen LogP) is 4.11. The van der Waals surface area contributed by atoms with Crippen LogP contribution in [0.3, 0.4) is 0 Å². The lowest BCUT2D eigenvalue weighted by Gasteiger charge is -2.08. The number of hydrogen-bond donors (Lipinski definition) is 0. The monoisotopic (exact) mass is 322 g/mol. The van der Waals surface area contributed by atoms with Crippen molar-refractivity contribution in [2.45, 2.75) is 33.6 Å². The molecule has 0 fully saturated rings. The van der Waals surface area contributed by atoms with Crippen LogP contribution < -0.4 is 0 Å². The molecule has 124 valence electrons. The molecule has 4 heteroatoms. The van der Waals surface area contributed by atoms with Gasteiger partial charge in [-0.25, -0.2) is 4.98 Å². The highest BCUT2D eigenvalue weighted by molar-refractivity contribution is 5.69. The predicted molar refractivity (Wildman–Crippen MR) is 95.1 cm³/mol. The maximum Gasteiger partial charge on any atom is 0.305 e. The fourth-order valence-corrected chi connectivity index (χ4v) is 2.76. The fraction of sp³-hybridized carbons (Fsp3) is 0.300. The summed E-state index contributed by atoms with van der Waals surface area (Å²) >= 11 is 0. The summed E-state index contributed by atoms with van der Waals surface area (Å²) in [6.07, 6.45) is 3.15. The molecule has 0 aliphatic rings. The van der Waals surface area contributed by atoms with E-state index in [1.165, 1.54) is 11.1 Å². The summed E-state index contributed by atoms with van der Waals surface area (Å²) in [6, 6.07) is 12.2. The van der Waals surface area contributed by atoms with Crippen LogP contribution >= 0.6 is 0 Å². The molecule has 0 atom stereocenters. The van der Waals surface area contributed by atoms with Gasteiger partial charge in [0.1, 0.15) is 5.65 Å². The minimum absolute atomic E-state index is 0.169. The summed E-state index contributed by atoms with van der Waals surface area (Å²) in [5, 5.41) is 0. The van der Waals surface area contributed by atoms with E-state index in [0.29, 0.717) is 19.4 Å². The smallest absolute Gasteiger partial charge is 0.305 e. The summed E-state index contributed by atoms with van der Waals surface area (Å²) in [6.45, 7) is 6.36. The molecule has 0 N–H and O–H groups in total. The Hall–Kier alpha value is -2.62. The van der Waals surface area contributed by atoms with Crippen LogP contribution in [0.25, 0.3) is 16.9 Å². The Morgan fingerprint density at radius 2 is 1.92 bits per heavy atom. The van der Waals surface area contributed by atoms with Gasteiger partial charge in [-0.1, -0.05) is 37.3 Å². The van der Waals surface area contributed by atoms with Crippen molar-refractivity contribution < 1.29 is 9.53 Å². The quantitative estimate of drug-likeness (QED) is 0.664. The van der Waals surface area contributed by atoms with E-state index in [4.69, 9.17) is 9.72 Å². The topological polar surface area (TPSA) is 43.6 Å². The van der Waals surface area contributed by atoms with Gasteiger partial charge in [-0.2, -0.15) is 0 Å². The van der Waals surface area contributed by atoms with E-state index in [1.807, 2.05) is 18.2 Å². The third-order valence-electron chi connectivity index (χ3n) is 4.27. The molecule has 3 aromatic rings. The van der Waals surface area contributed by atoms with E-state index in [0.717, 1.165) is 22.6 Å². The first-order chi connectivity index (χ1) is 11.6. The molecular weight excluding hydrogens is 300 g/mol. The molecule has 0 amide bonds. The summed E-state index contributed by atoms with van der Waals surface area (Å²) in [4.78, 5) is 16.2. The third-order valence-corrected chi connectivity index (χ3v) is 4.27. The number of ether oxygens (including phenoxy) is 1. The molecule has 1 aromatic carbocycles. The van der Waals surface area contributed by atoms with Crippen LogP contribution in [0.15, 0.2) is 42.6 Å². The summed E-state index contributed by atoms with van der Waals surface area (Å²) in [5.41, 5.74) is 6.46. The van der Waals surface area contributed by atoms with E-state index >= 15 is 0 Å². The van der Waals surface area contributed by atoms with Crippen molar-refractivity contribution in [2.75, 3.05) is 6.61 Å². The lowest BCUT2D eigenvalue weighted by molar-refractivity contribution is -0.143. The first kappa shape index (κ1) is 16.2. The van der Waals surface area contributed by atoms with Crippen molar-refractivity contribution >= 4 is 11.6 Å². The van der Waals surface area contributed by atoms with Gasteiger partial charge >= 0.3 is 5.97 Å². The molecular formula is C20H22N2O2. The number of nitrogens with zero attached hydrogens (tertiary/aromatic N) is 2. The van der Waals surface area contributed by atoms with Crippen LogP contribution in [0.5, 0.6) is 0 Å². The molecule has 2 aromatic heterocycles. The minimum atomic E-state index is -0.169. The van der Waals surface area contributed by atoms with Crippen molar-refractivity contribution in [3.8, 4) is 11.3 Å². The van der Waals surface area contributed by atoms with E-state index in [9.17, 15) is 4.79 Å². The van der Waals surface area contributed by atoms with Gasteiger partial charge in [0.05, 0.1) is 18.0 Å². The van der Waals surface area contributed by atoms with E-state index in [-0.39, 0.29) is 5.97 Å². The maximum absolute atomic E-state index is 11.4. The number of pyridine rings is 1. The number of imidazole rings is 1. The van der Waals surface area contributed by atoms with Crippen LogP contribution in [-0.2, 0) is 16.0 Å². The molecule has 0 unspecified atom stereocenters. The van der Waals surface area contributed by atoms with Gasteiger partial charge in [-0.15, -0.1) is 0 Å². The second kappa shape index (κ2) is 6.87. The van der Waals surface area contributed by atoms with Gasteiger partial charge in [-0.3, -0.25) is 4.79 Å². The average Bonchev–Trinajstić information content (AvgIpc) is 2.93. The first-order valence-electron chi connectivity index (χ1n) is 8.29. The van der Waals surface area contributed by atoms with Crippen molar-refractivity contribution in [3.63, 3.8) is 0 Å². The van der Waals surface area contributed by atoms with Gasteiger partial charge in [0, 0.05) is 24.6 Å². The number of rotatable bonds is 5. The molecule has 0 aliphatic carbocycles. The number of fused-ring (bicyclic) bond motifs is 1. The van der Waals surface area contributed by atoms with Crippen LogP contribution in [0, 0.1) is 13.8 Å². The second-order valence-corrected chi connectivity index (χ2v) is 5.96. The number of aryl methyl sites for hydroxylation is 2. The number of hydrogen-bond acceptors (Lipinski definition) is 3. The van der Waals surface area contributed by atoms with Crippen molar-refractivity contribution in [2.24, 2.45) is 0 Å². The molecule has 4 nitrogen and oxygen atoms in total. The Morgan fingerprint density at radius 1 is 1.17 bits per heavy atom. The van der Waals surface area contributed by atoms with Gasteiger partial charge < -0.3 is 9.14 Å². The average molecular weight is 322 g/mol. The lowest BCUT2D eigenvalue weighted by atomic mass is 10.1. The SMILES string of the molecule is CCC(=O)OCCc1c(-c2ccccc2)nc2cc(C)c(C)cn12. The van der Waals surface area contributed by atoms with Gasteiger partial charge in [0.15, 0.2) is 0 Å². The van der Waals surface area contributed by atoms with Crippen LogP contribution in [0.2, 0.25) is 0 Å². The Morgan fingerprint density at radius 3 is 2.62 bits per heavy atom. The normalized spacial score (nSPS) is 11.0. The zero-order chi connectivity index (χ0) is 17.1. The lowest BCUT2D eigenvalue weighted by Crippen LogP contribution is -2.08. The van der Waals surface area contributed by atoms with E-state index in [2.05, 4.69) is 42.6 Å². The number of carbonyl (C=O) groups excluding carboxylic acids is 1. The van der Waals surface area contributed by atoms with E-state index < -0.39 is 0 Å². The Balaban J connectivity index is 2.05. The molecule has 0 saturated heterocycles. The molecule has 0 spiro atoms.